The summed E-state index contributed by atoms with van der Waals surface area (Å²) in [6.45, 7) is 10.7. The molecule has 3 rings (SSSR count). The predicted octanol–water partition coefficient (Wildman–Crippen LogP) is 4.99. The molecule has 0 bridgehead atoms. The Morgan fingerprint density at radius 2 is 1.82 bits per heavy atom. The maximum Gasteiger partial charge on any atom is 0.0940 e. The van der Waals surface area contributed by atoms with Crippen LogP contribution in [0, 0.1) is 22.7 Å². The summed E-state index contributed by atoms with van der Waals surface area (Å²) >= 11 is 1.81. The quantitative estimate of drug-likeness (QED) is 0.852. The van der Waals surface area contributed by atoms with Crippen LogP contribution in [0.25, 0.3) is 0 Å². The van der Waals surface area contributed by atoms with Crippen LogP contribution in [0.2, 0.25) is 0 Å². The van der Waals surface area contributed by atoms with Crippen molar-refractivity contribution in [2.75, 3.05) is 6.54 Å². The molecule has 22 heavy (non-hydrogen) atoms. The lowest BCUT2D eigenvalue weighted by atomic mass is 9.49. The van der Waals surface area contributed by atoms with Crippen molar-refractivity contribution in [1.82, 2.24) is 4.98 Å². The molecule has 2 fully saturated rings. The zero-order valence-corrected chi connectivity index (χ0v) is 15.5. The number of nitrogens with zero attached hydrogens (tertiary/aromatic N) is 1. The lowest BCUT2D eigenvalue weighted by Crippen LogP contribution is -2.46. The molecular formula is C19H32N2S. The Kier molecular flexibility index (Phi) is 4.41. The molecule has 2 nitrogen and oxygen atoms in total. The summed E-state index contributed by atoms with van der Waals surface area (Å²) in [6, 6.07) is 0. The number of rotatable bonds is 3. The van der Waals surface area contributed by atoms with Gasteiger partial charge >= 0.3 is 0 Å². The third kappa shape index (κ3) is 2.99. The Labute approximate surface area is 139 Å². The van der Waals surface area contributed by atoms with E-state index in [0.29, 0.717) is 23.3 Å². The average Bonchev–Trinajstić information content (AvgIpc) is 2.93. The molecule has 2 aliphatic rings. The fourth-order valence-electron chi connectivity index (χ4n) is 5.00. The van der Waals surface area contributed by atoms with Gasteiger partial charge in [-0.25, -0.2) is 4.98 Å². The van der Waals surface area contributed by atoms with Gasteiger partial charge in [0.25, 0.3) is 0 Å². The Balaban J connectivity index is 1.78. The van der Waals surface area contributed by atoms with Crippen molar-refractivity contribution in [2.24, 2.45) is 28.4 Å². The Morgan fingerprint density at radius 1 is 1.14 bits per heavy atom. The zero-order valence-electron chi connectivity index (χ0n) is 14.7. The van der Waals surface area contributed by atoms with E-state index in [1.807, 2.05) is 0 Å². The van der Waals surface area contributed by atoms with E-state index in [-0.39, 0.29) is 0 Å². The van der Waals surface area contributed by atoms with Crippen LogP contribution in [-0.4, -0.2) is 11.5 Å². The molecule has 1 aromatic heterocycles. The fourth-order valence-corrected chi connectivity index (χ4v) is 5.90. The smallest absolute Gasteiger partial charge is 0.0940 e. The second kappa shape index (κ2) is 5.90. The molecule has 2 aliphatic carbocycles. The first kappa shape index (κ1) is 16.4. The van der Waals surface area contributed by atoms with Crippen molar-refractivity contribution in [3.8, 4) is 0 Å². The number of fused-ring (bicyclic) bond motifs is 1. The lowest BCUT2D eigenvalue weighted by molar-refractivity contribution is -0.0501. The molecule has 2 saturated carbocycles. The number of hydrogen-bond donors (Lipinski definition) is 1. The number of aromatic nitrogens is 1. The van der Waals surface area contributed by atoms with Crippen LogP contribution < -0.4 is 5.73 Å². The minimum Gasteiger partial charge on any atom is -0.330 e. The molecule has 3 atom stereocenters. The summed E-state index contributed by atoms with van der Waals surface area (Å²) in [6.07, 6.45) is 7.75. The predicted molar refractivity (Wildman–Crippen MR) is 95.2 cm³/mol. The molecular weight excluding hydrogens is 288 g/mol. The SMILES string of the molecule is CC1(C)CCC(C)(C)C2CC(c3csc(CCN)n3)CCC21. The summed E-state index contributed by atoms with van der Waals surface area (Å²) in [7, 11) is 0. The third-order valence-corrected chi connectivity index (χ3v) is 7.54. The summed E-state index contributed by atoms with van der Waals surface area (Å²) in [5, 5.41) is 3.53. The van der Waals surface area contributed by atoms with Crippen molar-refractivity contribution in [3.63, 3.8) is 0 Å². The van der Waals surface area contributed by atoms with Crippen LogP contribution in [0.5, 0.6) is 0 Å². The molecule has 0 saturated heterocycles. The van der Waals surface area contributed by atoms with Crippen LogP contribution in [0.4, 0.5) is 0 Å². The van der Waals surface area contributed by atoms with Gasteiger partial charge in [-0.1, -0.05) is 27.7 Å². The summed E-state index contributed by atoms with van der Waals surface area (Å²) in [5.41, 5.74) is 8.04. The van der Waals surface area contributed by atoms with E-state index >= 15 is 0 Å². The van der Waals surface area contributed by atoms with Crippen LogP contribution >= 0.6 is 11.3 Å². The molecule has 3 unspecified atom stereocenters. The second-order valence-corrected chi connectivity index (χ2v) is 9.85. The van der Waals surface area contributed by atoms with Crippen molar-refractivity contribution < 1.29 is 0 Å². The normalized spacial score (nSPS) is 33.4. The molecule has 0 amide bonds. The Morgan fingerprint density at radius 3 is 2.50 bits per heavy atom. The molecule has 0 spiro atoms. The topological polar surface area (TPSA) is 38.9 Å². The van der Waals surface area contributed by atoms with Crippen LogP contribution in [0.15, 0.2) is 5.38 Å². The van der Waals surface area contributed by atoms with E-state index < -0.39 is 0 Å². The summed E-state index contributed by atoms with van der Waals surface area (Å²) in [5.74, 6) is 2.43. The average molecular weight is 321 g/mol. The lowest BCUT2D eigenvalue weighted by Gasteiger charge is -2.55. The first-order valence-corrected chi connectivity index (χ1v) is 9.86. The van der Waals surface area contributed by atoms with Crippen molar-refractivity contribution in [2.45, 2.75) is 72.1 Å². The van der Waals surface area contributed by atoms with Gasteiger partial charge in [-0.05, 0) is 61.3 Å². The van der Waals surface area contributed by atoms with E-state index in [2.05, 4.69) is 33.1 Å². The molecule has 1 heterocycles. The van der Waals surface area contributed by atoms with Gasteiger partial charge < -0.3 is 5.73 Å². The van der Waals surface area contributed by atoms with E-state index in [0.717, 1.165) is 18.3 Å². The first-order valence-electron chi connectivity index (χ1n) is 8.98. The van der Waals surface area contributed by atoms with Gasteiger partial charge in [0.1, 0.15) is 0 Å². The monoisotopic (exact) mass is 320 g/mol. The molecule has 0 aliphatic heterocycles. The van der Waals surface area contributed by atoms with Crippen molar-refractivity contribution in [1.29, 1.82) is 0 Å². The van der Waals surface area contributed by atoms with Gasteiger partial charge in [-0.15, -0.1) is 11.3 Å². The first-order chi connectivity index (χ1) is 10.3. The van der Waals surface area contributed by atoms with E-state index in [1.165, 1.54) is 42.8 Å². The molecule has 1 aromatic rings. The minimum atomic E-state index is 0.495. The van der Waals surface area contributed by atoms with Gasteiger partial charge in [0.15, 0.2) is 0 Å². The Hall–Kier alpha value is -0.410. The van der Waals surface area contributed by atoms with Crippen molar-refractivity contribution >= 4 is 11.3 Å². The van der Waals surface area contributed by atoms with Gasteiger partial charge in [0.2, 0.25) is 0 Å². The van der Waals surface area contributed by atoms with E-state index in [4.69, 9.17) is 10.7 Å². The highest BCUT2D eigenvalue weighted by atomic mass is 32.1. The third-order valence-electron chi connectivity index (χ3n) is 6.62. The number of nitrogens with two attached hydrogens (primary N) is 1. The number of hydrogen-bond acceptors (Lipinski definition) is 3. The fraction of sp³-hybridized carbons (Fsp3) is 0.842. The summed E-state index contributed by atoms with van der Waals surface area (Å²) < 4.78 is 0. The highest BCUT2D eigenvalue weighted by Crippen LogP contribution is 2.59. The van der Waals surface area contributed by atoms with Crippen LogP contribution in [0.1, 0.15) is 76.4 Å². The maximum absolute atomic E-state index is 5.67. The summed E-state index contributed by atoms with van der Waals surface area (Å²) in [4.78, 5) is 4.88. The van der Waals surface area contributed by atoms with Crippen LogP contribution in [0.3, 0.4) is 0 Å². The van der Waals surface area contributed by atoms with Gasteiger partial charge in [0, 0.05) is 17.7 Å². The molecule has 3 heteroatoms. The highest BCUT2D eigenvalue weighted by molar-refractivity contribution is 7.09. The zero-order chi connectivity index (χ0) is 16.0. The van der Waals surface area contributed by atoms with Gasteiger partial charge in [-0.2, -0.15) is 0 Å². The minimum absolute atomic E-state index is 0.495. The van der Waals surface area contributed by atoms with E-state index in [9.17, 15) is 0 Å². The molecule has 124 valence electrons. The van der Waals surface area contributed by atoms with E-state index in [1.54, 1.807) is 11.3 Å². The Bertz CT molecular complexity index is 517. The van der Waals surface area contributed by atoms with Crippen molar-refractivity contribution in [3.05, 3.63) is 16.1 Å². The molecule has 0 aromatic carbocycles. The molecule has 2 N–H and O–H groups in total. The maximum atomic E-state index is 5.67. The largest absolute Gasteiger partial charge is 0.330 e. The van der Waals surface area contributed by atoms with Gasteiger partial charge in [-0.3, -0.25) is 0 Å². The second-order valence-electron chi connectivity index (χ2n) is 8.90. The standard InChI is InChI=1S/C19H32N2S/c1-18(2)8-9-19(3,4)15-11-13(5-6-14(15)18)16-12-22-17(21-16)7-10-20/h12-15H,5-11,20H2,1-4H3. The molecule has 0 radical (unpaired) electrons. The van der Waals surface area contributed by atoms with Crippen LogP contribution in [-0.2, 0) is 6.42 Å². The highest BCUT2D eigenvalue weighted by Gasteiger charge is 2.50. The number of thiazole rings is 1. The van der Waals surface area contributed by atoms with Gasteiger partial charge in [0.05, 0.1) is 10.7 Å².